The van der Waals surface area contributed by atoms with Gasteiger partial charge in [-0.3, -0.25) is 4.79 Å². The van der Waals surface area contributed by atoms with Gasteiger partial charge in [-0.25, -0.2) is 12.8 Å². The van der Waals surface area contributed by atoms with Crippen molar-refractivity contribution in [3.8, 4) is 6.07 Å². The third-order valence-electron chi connectivity index (χ3n) is 6.35. The molecule has 0 aliphatic carbocycles. The molecular formula is C24H27FN4O3S. The lowest BCUT2D eigenvalue weighted by Crippen LogP contribution is -2.47. The molecule has 0 spiro atoms. The van der Waals surface area contributed by atoms with E-state index in [-0.39, 0.29) is 23.3 Å². The molecule has 1 unspecified atom stereocenters. The number of piperidine rings is 1. The first kappa shape index (κ1) is 23.2. The summed E-state index contributed by atoms with van der Waals surface area (Å²) < 4.78 is 40.6. The highest BCUT2D eigenvalue weighted by Crippen LogP contribution is 2.26. The number of benzene rings is 2. The molecule has 1 amide bonds. The predicted octanol–water partition coefficient (Wildman–Crippen LogP) is 2.84. The number of rotatable bonds is 4. The summed E-state index contributed by atoms with van der Waals surface area (Å²) in [5.74, 6) is -0.872. The molecule has 2 aliphatic rings. The minimum atomic E-state index is -3.77. The fourth-order valence-corrected chi connectivity index (χ4v) is 6.04. The second kappa shape index (κ2) is 9.89. The molecule has 0 N–H and O–H groups in total. The fourth-order valence-electron chi connectivity index (χ4n) is 4.52. The number of anilines is 1. The van der Waals surface area contributed by atoms with Crippen molar-refractivity contribution in [2.45, 2.75) is 24.2 Å². The van der Waals surface area contributed by atoms with Crippen LogP contribution in [0.3, 0.4) is 0 Å². The fraction of sp³-hybridized carbons (Fsp3) is 0.417. The molecule has 0 aromatic heterocycles. The molecule has 9 heteroatoms. The van der Waals surface area contributed by atoms with Gasteiger partial charge in [-0.2, -0.15) is 9.57 Å². The summed E-state index contributed by atoms with van der Waals surface area (Å²) in [5.41, 5.74) is 1.64. The van der Waals surface area contributed by atoms with Crippen molar-refractivity contribution in [1.29, 1.82) is 5.26 Å². The summed E-state index contributed by atoms with van der Waals surface area (Å²) in [6.07, 6.45) is 2.09. The third kappa shape index (κ3) is 5.18. The van der Waals surface area contributed by atoms with E-state index in [1.165, 1.54) is 16.4 Å². The summed E-state index contributed by atoms with van der Waals surface area (Å²) in [6.45, 7) is 3.20. The molecular weight excluding hydrogens is 443 g/mol. The van der Waals surface area contributed by atoms with Gasteiger partial charge < -0.3 is 9.80 Å². The van der Waals surface area contributed by atoms with Crippen LogP contribution in [0.4, 0.5) is 10.1 Å². The number of carbonyl (C=O) groups excluding carboxylic acids is 1. The molecule has 4 rings (SSSR count). The van der Waals surface area contributed by atoms with E-state index in [1.54, 1.807) is 12.1 Å². The average Bonchev–Trinajstić information content (AvgIpc) is 3.10. The molecule has 174 valence electrons. The molecule has 0 radical (unpaired) electrons. The lowest BCUT2D eigenvalue weighted by atomic mass is 9.98. The second-order valence-electron chi connectivity index (χ2n) is 8.48. The second-order valence-corrected chi connectivity index (χ2v) is 10.4. The lowest BCUT2D eigenvalue weighted by molar-refractivity contribution is -0.136. The number of halogens is 1. The van der Waals surface area contributed by atoms with Gasteiger partial charge in [-0.15, -0.1) is 0 Å². The third-order valence-corrected chi connectivity index (χ3v) is 8.23. The molecule has 33 heavy (non-hydrogen) atoms. The Bertz CT molecular complexity index is 1130. The van der Waals surface area contributed by atoms with Crippen molar-refractivity contribution >= 4 is 21.6 Å². The van der Waals surface area contributed by atoms with Crippen molar-refractivity contribution in [1.82, 2.24) is 9.21 Å². The maximum absolute atomic E-state index is 13.3. The Morgan fingerprint density at radius 3 is 2.36 bits per heavy atom. The predicted molar refractivity (Wildman–Crippen MR) is 122 cm³/mol. The Kier molecular flexibility index (Phi) is 6.96. The van der Waals surface area contributed by atoms with E-state index in [2.05, 4.69) is 11.0 Å². The van der Waals surface area contributed by atoms with Gasteiger partial charge in [-0.1, -0.05) is 0 Å². The summed E-state index contributed by atoms with van der Waals surface area (Å²) in [5, 5.41) is 8.98. The summed E-state index contributed by atoms with van der Waals surface area (Å²) in [6, 6.07) is 14.4. The van der Waals surface area contributed by atoms with Crippen LogP contribution < -0.4 is 4.90 Å². The van der Waals surface area contributed by atoms with Gasteiger partial charge in [0.1, 0.15) is 5.82 Å². The first-order chi connectivity index (χ1) is 15.9. The lowest BCUT2D eigenvalue weighted by Gasteiger charge is -2.34. The van der Waals surface area contributed by atoms with Crippen LogP contribution >= 0.6 is 0 Å². The van der Waals surface area contributed by atoms with E-state index in [4.69, 9.17) is 5.26 Å². The molecule has 2 aliphatic heterocycles. The van der Waals surface area contributed by atoms with Crippen molar-refractivity contribution in [2.24, 2.45) is 5.92 Å². The number of amides is 1. The zero-order valence-electron chi connectivity index (χ0n) is 18.4. The largest absolute Gasteiger partial charge is 0.370 e. The van der Waals surface area contributed by atoms with E-state index in [1.807, 2.05) is 17.0 Å². The SMILES string of the molecule is N#Cc1ccc(N2CCCN(C(=O)C3CCCN(S(=O)(=O)c4ccc(F)cc4)C3)CC2)cc1. The first-order valence-electron chi connectivity index (χ1n) is 11.2. The first-order valence-corrected chi connectivity index (χ1v) is 12.6. The van der Waals surface area contributed by atoms with Crippen molar-refractivity contribution in [2.75, 3.05) is 44.2 Å². The quantitative estimate of drug-likeness (QED) is 0.686. The van der Waals surface area contributed by atoms with E-state index >= 15 is 0 Å². The topological polar surface area (TPSA) is 84.7 Å². The maximum atomic E-state index is 13.3. The van der Waals surface area contributed by atoms with E-state index in [0.29, 0.717) is 44.6 Å². The van der Waals surface area contributed by atoms with Crippen LogP contribution in [0.2, 0.25) is 0 Å². The Hall–Kier alpha value is -2.96. The number of carbonyl (C=O) groups is 1. The number of nitrogens with zero attached hydrogens (tertiary/aromatic N) is 4. The summed E-state index contributed by atoms with van der Waals surface area (Å²) >= 11 is 0. The number of hydrogen-bond donors (Lipinski definition) is 0. The number of nitriles is 1. The van der Waals surface area contributed by atoms with Crippen LogP contribution in [0.15, 0.2) is 53.4 Å². The van der Waals surface area contributed by atoms with Gasteiger partial charge in [0, 0.05) is 45.0 Å². The van der Waals surface area contributed by atoms with Crippen LogP contribution in [0.5, 0.6) is 0 Å². The Balaban J connectivity index is 1.40. The van der Waals surface area contributed by atoms with Crippen LogP contribution in [-0.4, -0.2) is 62.8 Å². The molecule has 2 aromatic carbocycles. The Morgan fingerprint density at radius 1 is 0.939 bits per heavy atom. The summed E-state index contributed by atoms with van der Waals surface area (Å²) in [4.78, 5) is 17.4. The van der Waals surface area contributed by atoms with Crippen LogP contribution in [0, 0.1) is 23.1 Å². The van der Waals surface area contributed by atoms with Crippen LogP contribution in [-0.2, 0) is 14.8 Å². The Morgan fingerprint density at radius 2 is 1.67 bits per heavy atom. The number of hydrogen-bond acceptors (Lipinski definition) is 5. The van der Waals surface area contributed by atoms with Gasteiger partial charge in [0.25, 0.3) is 0 Å². The van der Waals surface area contributed by atoms with Gasteiger partial charge >= 0.3 is 0 Å². The molecule has 2 heterocycles. The van der Waals surface area contributed by atoms with Gasteiger partial charge in [0.2, 0.25) is 15.9 Å². The Labute approximate surface area is 194 Å². The van der Waals surface area contributed by atoms with Crippen molar-refractivity contribution in [3.63, 3.8) is 0 Å². The van der Waals surface area contributed by atoms with Gasteiger partial charge in [0.15, 0.2) is 0 Å². The highest BCUT2D eigenvalue weighted by Gasteiger charge is 2.35. The molecule has 0 bridgehead atoms. The van der Waals surface area contributed by atoms with Crippen LogP contribution in [0.1, 0.15) is 24.8 Å². The maximum Gasteiger partial charge on any atom is 0.243 e. The number of sulfonamides is 1. The smallest absolute Gasteiger partial charge is 0.243 e. The molecule has 1 atom stereocenters. The highest BCUT2D eigenvalue weighted by atomic mass is 32.2. The molecule has 7 nitrogen and oxygen atoms in total. The highest BCUT2D eigenvalue weighted by molar-refractivity contribution is 7.89. The van der Waals surface area contributed by atoms with E-state index in [9.17, 15) is 17.6 Å². The minimum absolute atomic E-state index is 0.00400. The van der Waals surface area contributed by atoms with Gasteiger partial charge in [-0.05, 0) is 67.8 Å². The zero-order chi connectivity index (χ0) is 23.4. The minimum Gasteiger partial charge on any atom is -0.370 e. The molecule has 2 fully saturated rings. The van der Waals surface area contributed by atoms with E-state index < -0.39 is 15.8 Å². The van der Waals surface area contributed by atoms with Crippen molar-refractivity contribution < 1.29 is 17.6 Å². The molecule has 2 aromatic rings. The molecule has 0 saturated carbocycles. The zero-order valence-corrected chi connectivity index (χ0v) is 19.2. The standard InChI is InChI=1S/C24H27FN4O3S/c25-21-6-10-23(11-7-21)33(31,32)29-14-1-3-20(18-29)24(30)28-13-2-12-27(15-16-28)22-8-4-19(17-26)5-9-22/h4-11,20H,1-3,12-16,18H2. The molecule has 2 saturated heterocycles. The normalized spacial score (nSPS) is 20.2. The average molecular weight is 471 g/mol. The summed E-state index contributed by atoms with van der Waals surface area (Å²) in [7, 11) is -3.77. The van der Waals surface area contributed by atoms with Crippen molar-refractivity contribution in [3.05, 3.63) is 59.9 Å². The van der Waals surface area contributed by atoms with Gasteiger partial charge in [0.05, 0.1) is 22.4 Å². The van der Waals surface area contributed by atoms with E-state index in [0.717, 1.165) is 30.8 Å². The van der Waals surface area contributed by atoms with Crippen LogP contribution in [0.25, 0.3) is 0 Å². The monoisotopic (exact) mass is 470 g/mol.